The Morgan fingerprint density at radius 2 is 1.89 bits per heavy atom. The van der Waals surface area contributed by atoms with E-state index >= 15 is 0 Å². The maximum Gasteiger partial charge on any atom is 0.246 e. The highest BCUT2D eigenvalue weighted by Crippen LogP contribution is 2.25. The summed E-state index contributed by atoms with van der Waals surface area (Å²) in [5, 5.41) is 2.90. The van der Waals surface area contributed by atoms with Crippen molar-refractivity contribution in [2.75, 3.05) is 6.54 Å². The molecule has 0 radical (unpaired) electrons. The van der Waals surface area contributed by atoms with Crippen LogP contribution < -0.4 is 11.1 Å². The van der Waals surface area contributed by atoms with Crippen LogP contribution in [0.4, 0.5) is 0 Å². The standard InChI is InChI=1S/C21H31N3O3/c1-21(2,3)18(20(27)24-14-8-12-16(24)19(22)26)23-17(25)13-7-11-15-9-5-4-6-10-15/h4-6,9-10,16,18H,7-8,11-14H2,1-3H3,(H2,22,26)(H,23,25)/t16-,18?/m0/s1. The lowest BCUT2D eigenvalue weighted by Gasteiger charge is -2.35. The zero-order chi connectivity index (χ0) is 20.0. The van der Waals surface area contributed by atoms with E-state index in [4.69, 9.17) is 5.73 Å². The minimum atomic E-state index is -0.679. The summed E-state index contributed by atoms with van der Waals surface area (Å²) >= 11 is 0. The number of benzene rings is 1. The molecule has 3 N–H and O–H groups in total. The van der Waals surface area contributed by atoms with Crippen LogP contribution in [0.15, 0.2) is 30.3 Å². The number of carbonyl (C=O) groups excluding carboxylic acids is 3. The lowest BCUT2D eigenvalue weighted by Crippen LogP contribution is -2.57. The van der Waals surface area contributed by atoms with Crippen LogP contribution in [0.1, 0.15) is 52.0 Å². The monoisotopic (exact) mass is 373 g/mol. The fourth-order valence-corrected chi connectivity index (χ4v) is 3.47. The highest BCUT2D eigenvalue weighted by Gasteiger charge is 2.41. The number of primary amides is 1. The number of likely N-dealkylation sites (tertiary alicyclic amines) is 1. The van der Waals surface area contributed by atoms with Gasteiger partial charge < -0.3 is 16.0 Å². The van der Waals surface area contributed by atoms with Crippen molar-refractivity contribution >= 4 is 17.7 Å². The van der Waals surface area contributed by atoms with Crippen molar-refractivity contribution in [1.29, 1.82) is 0 Å². The Kier molecular flexibility index (Phi) is 6.99. The quantitative estimate of drug-likeness (QED) is 0.766. The Labute approximate surface area is 161 Å². The van der Waals surface area contributed by atoms with Crippen LogP contribution in [0.3, 0.4) is 0 Å². The Morgan fingerprint density at radius 3 is 2.48 bits per heavy atom. The van der Waals surface area contributed by atoms with Gasteiger partial charge in [-0.2, -0.15) is 0 Å². The molecule has 6 nitrogen and oxygen atoms in total. The Balaban J connectivity index is 1.96. The molecule has 1 aromatic rings. The van der Waals surface area contributed by atoms with E-state index in [1.54, 1.807) is 0 Å². The predicted molar refractivity (Wildman–Crippen MR) is 105 cm³/mol. The molecular formula is C21H31N3O3. The maximum absolute atomic E-state index is 13.0. The average Bonchev–Trinajstić information content (AvgIpc) is 3.09. The van der Waals surface area contributed by atoms with E-state index in [-0.39, 0.29) is 11.8 Å². The lowest BCUT2D eigenvalue weighted by molar-refractivity contribution is -0.143. The fourth-order valence-electron chi connectivity index (χ4n) is 3.47. The third-order valence-electron chi connectivity index (χ3n) is 4.99. The number of amides is 3. The highest BCUT2D eigenvalue weighted by molar-refractivity contribution is 5.92. The molecule has 2 atom stereocenters. The molecule has 0 saturated carbocycles. The summed E-state index contributed by atoms with van der Waals surface area (Å²) in [5.74, 6) is -0.850. The van der Waals surface area contributed by atoms with Crippen LogP contribution in [-0.4, -0.2) is 41.2 Å². The first-order chi connectivity index (χ1) is 12.7. The molecule has 1 saturated heterocycles. The average molecular weight is 373 g/mol. The van der Waals surface area contributed by atoms with Crippen molar-refractivity contribution in [2.24, 2.45) is 11.1 Å². The van der Waals surface area contributed by atoms with Gasteiger partial charge in [0.05, 0.1) is 0 Å². The summed E-state index contributed by atoms with van der Waals surface area (Å²) in [7, 11) is 0. The van der Waals surface area contributed by atoms with Crippen LogP contribution in [-0.2, 0) is 20.8 Å². The van der Waals surface area contributed by atoms with E-state index in [1.165, 1.54) is 10.5 Å². The molecule has 1 aromatic carbocycles. The zero-order valence-electron chi connectivity index (χ0n) is 16.5. The predicted octanol–water partition coefficient (Wildman–Crippen LogP) is 2.02. The van der Waals surface area contributed by atoms with Gasteiger partial charge in [-0.15, -0.1) is 0 Å². The van der Waals surface area contributed by atoms with E-state index in [0.29, 0.717) is 25.8 Å². The molecule has 1 aliphatic rings. The number of rotatable bonds is 7. The lowest BCUT2D eigenvalue weighted by atomic mass is 9.85. The number of carbonyl (C=O) groups is 3. The Bertz CT molecular complexity index is 667. The van der Waals surface area contributed by atoms with Crippen molar-refractivity contribution in [1.82, 2.24) is 10.2 Å². The molecule has 1 aliphatic heterocycles. The van der Waals surface area contributed by atoms with Gasteiger partial charge in [0.25, 0.3) is 0 Å². The largest absolute Gasteiger partial charge is 0.368 e. The van der Waals surface area contributed by atoms with Gasteiger partial charge in [0.15, 0.2) is 0 Å². The molecule has 0 aliphatic carbocycles. The third kappa shape index (κ3) is 5.81. The molecule has 1 fully saturated rings. The van der Waals surface area contributed by atoms with Crippen molar-refractivity contribution in [3.05, 3.63) is 35.9 Å². The molecule has 2 rings (SSSR count). The molecular weight excluding hydrogens is 342 g/mol. The van der Waals surface area contributed by atoms with Gasteiger partial charge in [0.1, 0.15) is 12.1 Å². The van der Waals surface area contributed by atoms with Gasteiger partial charge in [0.2, 0.25) is 17.7 Å². The number of hydrogen-bond acceptors (Lipinski definition) is 3. The molecule has 0 spiro atoms. The second-order valence-corrected chi connectivity index (χ2v) is 8.30. The molecule has 6 heteroatoms. The second-order valence-electron chi connectivity index (χ2n) is 8.30. The fraction of sp³-hybridized carbons (Fsp3) is 0.571. The van der Waals surface area contributed by atoms with Gasteiger partial charge in [-0.25, -0.2) is 0 Å². The van der Waals surface area contributed by atoms with Crippen LogP contribution in [0.2, 0.25) is 0 Å². The molecule has 1 unspecified atom stereocenters. The number of aryl methyl sites for hydroxylation is 1. The summed E-state index contributed by atoms with van der Waals surface area (Å²) in [6.07, 6.45) is 3.23. The van der Waals surface area contributed by atoms with Gasteiger partial charge in [-0.3, -0.25) is 14.4 Å². The Hall–Kier alpha value is -2.37. The molecule has 0 aromatic heterocycles. The molecule has 1 heterocycles. The first kappa shape index (κ1) is 20.9. The Morgan fingerprint density at radius 1 is 1.22 bits per heavy atom. The van der Waals surface area contributed by atoms with Gasteiger partial charge >= 0.3 is 0 Å². The van der Waals surface area contributed by atoms with Crippen molar-refractivity contribution in [2.45, 2.75) is 65.0 Å². The number of hydrogen-bond donors (Lipinski definition) is 2. The van der Waals surface area contributed by atoms with Crippen LogP contribution >= 0.6 is 0 Å². The summed E-state index contributed by atoms with van der Waals surface area (Å²) in [4.78, 5) is 38.7. The number of nitrogens with one attached hydrogen (secondary N) is 1. The summed E-state index contributed by atoms with van der Waals surface area (Å²) in [6.45, 7) is 6.24. The molecule has 27 heavy (non-hydrogen) atoms. The molecule has 3 amide bonds. The minimum absolute atomic E-state index is 0.144. The zero-order valence-corrected chi connectivity index (χ0v) is 16.5. The first-order valence-electron chi connectivity index (χ1n) is 9.63. The second kappa shape index (κ2) is 9.02. The minimum Gasteiger partial charge on any atom is -0.368 e. The van der Waals surface area contributed by atoms with Crippen LogP contribution in [0, 0.1) is 5.41 Å². The SMILES string of the molecule is CC(C)(C)C(NC(=O)CCCc1ccccc1)C(=O)N1CCC[C@H]1C(N)=O. The van der Waals surface area contributed by atoms with Gasteiger partial charge in [-0.05, 0) is 36.7 Å². The van der Waals surface area contributed by atoms with Crippen molar-refractivity contribution < 1.29 is 14.4 Å². The van der Waals surface area contributed by atoms with E-state index in [0.717, 1.165) is 12.8 Å². The van der Waals surface area contributed by atoms with Crippen molar-refractivity contribution in [3.8, 4) is 0 Å². The molecule has 148 valence electrons. The van der Waals surface area contributed by atoms with E-state index in [1.807, 2.05) is 51.1 Å². The summed E-state index contributed by atoms with van der Waals surface area (Å²) < 4.78 is 0. The van der Waals surface area contributed by atoms with E-state index in [2.05, 4.69) is 5.32 Å². The summed E-state index contributed by atoms with van der Waals surface area (Å²) in [5.41, 5.74) is 6.17. The van der Waals surface area contributed by atoms with E-state index in [9.17, 15) is 14.4 Å². The van der Waals surface area contributed by atoms with Gasteiger partial charge in [-0.1, -0.05) is 51.1 Å². The third-order valence-corrected chi connectivity index (χ3v) is 4.99. The number of nitrogens with zero attached hydrogens (tertiary/aromatic N) is 1. The maximum atomic E-state index is 13.0. The first-order valence-corrected chi connectivity index (χ1v) is 9.63. The number of nitrogens with two attached hydrogens (primary N) is 1. The highest BCUT2D eigenvalue weighted by atomic mass is 16.2. The molecule has 0 bridgehead atoms. The normalized spacial score (nSPS) is 18.2. The van der Waals surface area contributed by atoms with Crippen LogP contribution in [0.5, 0.6) is 0 Å². The van der Waals surface area contributed by atoms with E-state index < -0.39 is 23.4 Å². The summed E-state index contributed by atoms with van der Waals surface area (Å²) in [6, 6.07) is 8.75. The van der Waals surface area contributed by atoms with Gasteiger partial charge in [0, 0.05) is 13.0 Å². The van der Waals surface area contributed by atoms with Crippen molar-refractivity contribution in [3.63, 3.8) is 0 Å². The topological polar surface area (TPSA) is 92.5 Å². The van der Waals surface area contributed by atoms with Crippen LogP contribution in [0.25, 0.3) is 0 Å². The smallest absolute Gasteiger partial charge is 0.246 e.